The third-order valence-corrected chi connectivity index (χ3v) is 2.12. The Balaban J connectivity index is 2.74. The van der Waals surface area contributed by atoms with Crippen molar-refractivity contribution >= 4 is 5.69 Å². The van der Waals surface area contributed by atoms with Crippen LogP contribution in [-0.2, 0) is 6.54 Å². The van der Waals surface area contributed by atoms with E-state index in [2.05, 4.69) is 5.32 Å². The van der Waals surface area contributed by atoms with E-state index in [-0.39, 0.29) is 10.6 Å². The highest BCUT2D eigenvalue weighted by Crippen LogP contribution is 2.18. The number of rotatable bonds is 5. The Kier molecular flexibility index (Phi) is 4.20. The highest BCUT2D eigenvalue weighted by atomic mass is 16.6. The lowest BCUT2D eigenvalue weighted by Gasteiger charge is -2.04. The van der Waals surface area contributed by atoms with Gasteiger partial charge in [-0.15, -0.1) is 0 Å². The summed E-state index contributed by atoms with van der Waals surface area (Å²) in [5, 5.41) is 13.8. The molecule has 3 N–H and O–H groups in total. The van der Waals surface area contributed by atoms with Gasteiger partial charge in [-0.3, -0.25) is 10.1 Å². The average molecular weight is 209 g/mol. The summed E-state index contributed by atoms with van der Waals surface area (Å²) in [5.74, 6) is 0. The van der Waals surface area contributed by atoms with Gasteiger partial charge in [-0.1, -0.05) is 12.1 Å². The molecule has 82 valence electrons. The van der Waals surface area contributed by atoms with Crippen LogP contribution in [0.5, 0.6) is 0 Å². The fraction of sp³-hybridized carbons (Fsp3) is 0.400. The van der Waals surface area contributed by atoms with Gasteiger partial charge in [-0.25, -0.2) is 0 Å². The van der Waals surface area contributed by atoms with Crippen molar-refractivity contribution in [1.29, 1.82) is 0 Å². The van der Waals surface area contributed by atoms with Gasteiger partial charge in [0.1, 0.15) is 0 Å². The second-order valence-electron chi connectivity index (χ2n) is 3.34. The third-order valence-electron chi connectivity index (χ3n) is 2.12. The molecular formula is C10H15N3O2. The third kappa shape index (κ3) is 3.30. The molecule has 0 saturated carbocycles. The molecule has 0 saturated heterocycles. The van der Waals surface area contributed by atoms with Gasteiger partial charge in [-0.2, -0.15) is 0 Å². The second kappa shape index (κ2) is 5.43. The largest absolute Gasteiger partial charge is 0.329 e. The Morgan fingerprint density at radius 1 is 1.53 bits per heavy atom. The molecule has 1 rings (SSSR count). The highest BCUT2D eigenvalue weighted by molar-refractivity contribution is 5.42. The molecule has 1 aromatic rings. The number of hydrogen-bond acceptors (Lipinski definition) is 4. The number of nitrogens with one attached hydrogen (secondary N) is 1. The van der Waals surface area contributed by atoms with E-state index < -0.39 is 0 Å². The first kappa shape index (κ1) is 11.6. The van der Waals surface area contributed by atoms with Crippen LogP contribution in [0.3, 0.4) is 0 Å². The maximum atomic E-state index is 10.7. The predicted molar refractivity (Wildman–Crippen MR) is 58.6 cm³/mol. The second-order valence-corrected chi connectivity index (χ2v) is 3.34. The Hall–Kier alpha value is -1.46. The van der Waals surface area contributed by atoms with Crippen LogP contribution in [0.4, 0.5) is 5.69 Å². The van der Waals surface area contributed by atoms with Gasteiger partial charge in [0, 0.05) is 31.3 Å². The summed E-state index contributed by atoms with van der Waals surface area (Å²) in [6.45, 7) is 3.61. The van der Waals surface area contributed by atoms with E-state index in [1.807, 2.05) is 6.07 Å². The monoisotopic (exact) mass is 209 g/mol. The Morgan fingerprint density at radius 3 is 2.87 bits per heavy atom. The van der Waals surface area contributed by atoms with Crippen molar-refractivity contribution in [3.63, 3.8) is 0 Å². The van der Waals surface area contributed by atoms with Crippen molar-refractivity contribution in [2.75, 3.05) is 13.1 Å². The van der Waals surface area contributed by atoms with Crippen LogP contribution in [0.1, 0.15) is 11.1 Å². The zero-order valence-corrected chi connectivity index (χ0v) is 8.69. The lowest BCUT2D eigenvalue weighted by molar-refractivity contribution is -0.385. The van der Waals surface area contributed by atoms with E-state index in [4.69, 9.17) is 5.73 Å². The number of nitrogens with zero attached hydrogens (tertiary/aromatic N) is 1. The van der Waals surface area contributed by atoms with Gasteiger partial charge in [-0.05, 0) is 12.5 Å². The van der Waals surface area contributed by atoms with E-state index in [0.717, 1.165) is 5.56 Å². The van der Waals surface area contributed by atoms with E-state index in [0.29, 0.717) is 25.2 Å². The first-order chi connectivity index (χ1) is 7.15. The van der Waals surface area contributed by atoms with Gasteiger partial charge in [0.15, 0.2) is 0 Å². The van der Waals surface area contributed by atoms with E-state index in [1.165, 1.54) is 0 Å². The number of nitrogens with two attached hydrogens (primary N) is 1. The van der Waals surface area contributed by atoms with Crippen molar-refractivity contribution in [2.45, 2.75) is 13.5 Å². The lowest BCUT2D eigenvalue weighted by Crippen LogP contribution is -2.21. The van der Waals surface area contributed by atoms with E-state index in [9.17, 15) is 10.1 Å². The molecule has 5 nitrogen and oxygen atoms in total. The standard InChI is InChI=1S/C10H15N3O2/c1-8-2-3-9(7-12-5-4-11)6-10(8)13(14)15/h2-3,6,12H,4-5,7,11H2,1H3. The zero-order chi connectivity index (χ0) is 11.3. The van der Waals surface area contributed by atoms with Gasteiger partial charge >= 0.3 is 0 Å². The van der Waals surface area contributed by atoms with Crippen molar-refractivity contribution in [1.82, 2.24) is 5.32 Å². The summed E-state index contributed by atoms with van der Waals surface area (Å²) in [6, 6.07) is 5.24. The van der Waals surface area contributed by atoms with E-state index >= 15 is 0 Å². The molecule has 0 fully saturated rings. The molecule has 1 aromatic carbocycles. The Morgan fingerprint density at radius 2 is 2.27 bits per heavy atom. The summed E-state index contributed by atoms with van der Waals surface area (Å²) in [4.78, 5) is 10.3. The fourth-order valence-electron chi connectivity index (χ4n) is 1.30. The molecular weight excluding hydrogens is 194 g/mol. The predicted octanol–water partition coefficient (Wildman–Crippen LogP) is 0.952. The molecule has 0 aliphatic heterocycles. The average Bonchev–Trinajstić information content (AvgIpc) is 2.20. The van der Waals surface area contributed by atoms with Gasteiger partial charge in [0.05, 0.1) is 4.92 Å². The normalized spacial score (nSPS) is 10.3. The van der Waals surface area contributed by atoms with Crippen LogP contribution in [0.2, 0.25) is 0 Å². The first-order valence-corrected chi connectivity index (χ1v) is 4.80. The van der Waals surface area contributed by atoms with E-state index in [1.54, 1.807) is 19.1 Å². The molecule has 0 aliphatic carbocycles. The number of benzene rings is 1. The van der Waals surface area contributed by atoms with Crippen molar-refractivity contribution in [3.05, 3.63) is 39.4 Å². The number of nitro groups is 1. The minimum atomic E-state index is -0.359. The Bertz CT molecular complexity index is 353. The molecule has 5 heteroatoms. The molecule has 15 heavy (non-hydrogen) atoms. The summed E-state index contributed by atoms with van der Waals surface area (Å²) in [5.41, 5.74) is 7.08. The van der Waals surface area contributed by atoms with Crippen molar-refractivity contribution in [3.8, 4) is 0 Å². The summed E-state index contributed by atoms with van der Waals surface area (Å²) in [6.07, 6.45) is 0. The van der Waals surface area contributed by atoms with Crippen molar-refractivity contribution < 1.29 is 4.92 Å². The van der Waals surface area contributed by atoms with Crippen LogP contribution < -0.4 is 11.1 Å². The molecule has 0 atom stereocenters. The maximum Gasteiger partial charge on any atom is 0.272 e. The van der Waals surface area contributed by atoms with Crippen molar-refractivity contribution in [2.24, 2.45) is 5.73 Å². The lowest BCUT2D eigenvalue weighted by atomic mass is 10.1. The number of hydrogen-bond donors (Lipinski definition) is 2. The minimum Gasteiger partial charge on any atom is -0.329 e. The molecule has 0 spiro atoms. The maximum absolute atomic E-state index is 10.7. The number of nitro benzene ring substituents is 1. The minimum absolute atomic E-state index is 0.169. The van der Waals surface area contributed by atoms with Gasteiger partial charge in [0.25, 0.3) is 5.69 Å². The Labute approximate surface area is 88.4 Å². The summed E-state index contributed by atoms with van der Waals surface area (Å²) >= 11 is 0. The van der Waals surface area contributed by atoms with Crippen LogP contribution in [0, 0.1) is 17.0 Å². The zero-order valence-electron chi connectivity index (χ0n) is 8.69. The SMILES string of the molecule is Cc1ccc(CNCCN)cc1[N+](=O)[O-]. The summed E-state index contributed by atoms with van der Waals surface area (Å²) in [7, 11) is 0. The van der Waals surface area contributed by atoms with Gasteiger partial charge < -0.3 is 11.1 Å². The topological polar surface area (TPSA) is 81.2 Å². The van der Waals surface area contributed by atoms with Gasteiger partial charge in [0.2, 0.25) is 0 Å². The number of aryl methyl sites for hydroxylation is 1. The van der Waals surface area contributed by atoms with Crippen LogP contribution in [0.15, 0.2) is 18.2 Å². The molecule has 0 radical (unpaired) electrons. The molecule has 0 bridgehead atoms. The van der Waals surface area contributed by atoms with Crippen LogP contribution in [0.25, 0.3) is 0 Å². The molecule has 0 amide bonds. The molecule has 0 aromatic heterocycles. The highest BCUT2D eigenvalue weighted by Gasteiger charge is 2.10. The first-order valence-electron chi connectivity index (χ1n) is 4.80. The smallest absolute Gasteiger partial charge is 0.272 e. The molecule has 0 aliphatic rings. The summed E-state index contributed by atoms with van der Waals surface area (Å²) < 4.78 is 0. The fourth-order valence-corrected chi connectivity index (χ4v) is 1.30. The van der Waals surface area contributed by atoms with Crippen LogP contribution >= 0.6 is 0 Å². The quantitative estimate of drug-likeness (QED) is 0.430. The van der Waals surface area contributed by atoms with Crippen LogP contribution in [-0.4, -0.2) is 18.0 Å². The molecule has 0 heterocycles. The molecule has 0 unspecified atom stereocenters.